The van der Waals surface area contributed by atoms with Crippen molar-refractivity contribution in [2.45, 2.75) is 45.1 Å². The van der Waals surface area contributed by atoms with Crippen LogP contribution in [0.25, 0.3) is 0 Å². The van der Waals surface area contributed by atoms with Gasteiger partial charge in [-0.2, -0.15) is 0 Å². The number of hydrogen-bond donors (Lipinski definition) is 2. The molecular formula is C16H28N4O2. The predicted octanol–water partition coefficient (Wildman–Crippen LogP) is 1.55. The minimum Gasteiger partial charge on any atom is -0.396 e. The van der Waals surface area contributed by atoms with Gasteiger partial charge in [0.2, 0.25) is 0 Å². The summed E-state index contributed by atoms with van der Waals surface area (Å²) < 4.78 is 2.05. The molecule has 6 heteroatoms. The predicted molar refractivity (Wildman–Crippen MR) is 85.5 cm³/mol. The molecule has 1 aromatic heterocycles. The van der Waals surface area contributed by atoms with Crippen LogP contribution in [0.3, 0.4) is 0 Å². The minimum atomic E-state index is 0.0231. The quantitative estimate of drug-likeness (QED) is 0.837. The van der Waals surface area contributed by atoms with Crippen LogP contribution in [0.4, 0.5) is 4.79 Å². The molecule has 6 nitrogen and oxygen atoms in total. The zero-order valence-corrected chi connectivity index (χ0v) is 13.7. The number of aryl methyl sites for hydroxylation is 1. The molecule has 1 fully saturated rings. The van der Waals surface area contributed by atoms with Crippen LogP contribution in [0, 0.1) is 5.92 Å². The van der Waals surface area contributed by atoms with E-state index in [1.807, 2.05) is 31.3 Å². The van der Waals surface area contributed by atoms with Crippen LogP contribution in [-0.4, -0.2) is 51.3 Å². The Hall–Kier alpha value is -1.56. The van der Waals surface area contributed by atoms with E-state index < -0.39 is 0 Å². The van der Waals surface area contributed by atoms with Crippen molar-refractivity contribution in [3.63, 3.8) is 0 Å². The van der Waals surface area contributed by atoms with E-state index in [0.29, 0.717) is 5.92 Å². The van der Waals surface area contributed by atoms with Crippen molar-refractivity contribution in [2.75, 3.05) is 19.7 Å². The Morgan fingerprint density at radius 3 is 3.09 bits per heavy atom. The van der Waals surface area contributed by atoms with E-state index in [4.69, 9.17) is 5.11 Å². The molecule has 2 heterocycles. The number of likely N-dealkylation sites (tertiary alicyclic amines) is 1. The van der Waals surface area contributed by atoms with Crippen LogP contribution in [0.5, 0.6) is 0 Å². The van der Waals surface area contributed by atoms with Crippen LogP contribution in [-0.2, 0) is 13.5 Å². The average molecular weight is 308 g/mol. The first-order chi connectivity index (χ1) is 10.6. The molecule has 0 spiro atoms. The fraction of sp³-hybridized carbons (Fsp3) is 0.750. The van der Waals surface area contributed by atoms with Gasteiger partial charge in [-0.1, -0.05) is 0 Å². The number of aliphatic hydroxyl groups is 1. The van der Waals surface area contributed by atoms with Gasteiger partial charge in [0.1, 0.15) is 5.82 Å². The van der Waals surface area contributed by atoms with Crippen LogP contribution >= 0.6 is 0 Å². The molecule has 1 aliphatic heterocycles. The Bertz CT molecular complexity index is 474. The Kier molecular flexibility index (Phi) is 6.24. The van der Waals surface area contributed by atoms with Gasteiger partial charge >= 0.3 is 6.03 Å². The first kappa shape index (κ1) is 16.8. The molecule has 1 aliphatic rings. The lowest BCUT2D eigenvalue weighted by atomic mass is 9.94. The number of amides is 2. The topological polar surface area (TPSA) is 70.4 Å². The number of aromatic nitrogens is 2. The minimum absolute atomic E-state index is 0.0231. The van der Waals surface area contributed by atoms with E-state index >= 15 is 0 Å². The first-order valence-corrected chi connectivity index (χ1v) is 8.22. The largest absolute Gasteiger partial charge is 0.396 e. The number of carbonyl (C=O) groups excluding carboxylic acids is 1. The van der Waals surface area contributed by atoms with E-state index in [9.17, 15) is 4.79 Å². The molecule has 0 aromatic carbocycles. The summed E-state index contributed by atoms with van der Waals surface area (Å²) in [5.41, 5.74) is 0. The lowest BCUT2D eigenvalue weighted by Gasteiger charge is -2.33. The smallest absolute Gasteiger partial charge is 0.317 e. The van der Waals surface area contributed by atoms with E-state index in [-0.39, 0.29) is 18.7 Å². The number of rotatable bonds is 6. The van der Waals surface area contributed by atoms with Gasteiger partial charge < -0.3 is 19.9 Å². The van der Waals surface area contributed by atoms with Crippen molar-refractivity contribution in [2.24, 2.45) is 13.0 Å². The van der Waals surface area contributed by atoms with Crippen molar-refractivity contribution >= 4 is 6.03 Å². The number of imidazole rings is 1. The van der Waals surface area contributed by atoms with Gasteiger partial charge in [-0.25, -0.2) is 9.78 Å². The summed E-state index contributed by atoms with van der Waals surface area (Å²) in [5.74, 6) is 1.57. The molecule has 1 saturated heterocycles. The monoisotopic (exact) mass is 308 g/mol. The van der Waals surface area contributed by atoms with E-state index in [2.05, 4.69) is 14.9 Å². The molecule has 2 rings (SSSR count). The van der Waals surface area contributed by atoms with Gasteiger partial charge in [-0.15, -0.1) is 0 Å². The highest BCUT2D eigenvalue weighted by Gasteiger charge is 2.25. The van der Waals surface area contributed by atoms with Crippen molar-refractivity contribution in [3.8, 4) is 0 Å². The van der Waals surface area contributed by atoms with E-state index in [0.717, 1.165) is 51.0 Å². The van der Waals surface area contributed by atoms with Gasteiger partial charge in [-0.3, -0.25) is 0 Å². The summed E-state index contributed by atoms with van der Waals surface area (Å²) in [5, 5.41) is 11.9. The summed E-state index contributed by atoms with van der Waals surface area (Å²) in [6, 6.07) is 0.129. The number of aliphatic hydroxyl groups excluding tert-OH is 1. The number of urea groups is 1. The SMILES string of the molecule is CC(CCCO)NC(=O)N1CCCC(Cc2nccn2C)C1. The number of nitrogens with one attached hydrogen (secondary N) is 1. The van der Waals surface area contributed by atoms with E-state index in [1.54, 1.807) is 0 Å². The zero-order chi connectivity index (χ0) is 15.9. The van der Waals surface area contributed by atoms with Gasteiger partial charge in [0, 0.05) is 51.6 Å². The summed E-state index contributed by atoms with van der Waals surface area (Å²) in [4.78, 5) is 18.6. The normalized spacial score (nSPS) is 20.0. The molecule has 2 atom stereocenters. The molecule has 0 radical (unpaired) electrons. The van der Waals surface area contributed by atoms with Crippen molar-refractivity contribution in [1.29, 1.82) is 0 Å². The van der Waals surface area contributed by atoms with Crippen LogP contribution in [0.2, 0.25) is 0 Å². The highest BCUT2D eigenvalue weighted by molar-refractivity contribution is 5.74. The standard InChI is InChI=1S/C16H28N4O2/c1-13(5-4-10-21)18-16(22)20-8-3-6-14(12-20)11-15-17-7-9-19(15)2/h7,9,13-14,21H,3-6,8,10-12H2,1-2H3,(H,18,22). The highest BCUT2D eigenvalue weighted by Crippen LogP contribution is 2.20. The maximum atomic E-state index is 12.3. The average Bonchev–Trinajstić information content (AvgIpc) is 2.90. The molecule has 124 valence electrons. The fourth-order valence-electron chi connectivity index (χ4n) is 3.04. The summed E-state index contributed by atoms with van der Waals surface area (Å²) >= 11 is 0. The third-order valence-corrected chi connectivity index (χ3v) is 4.36. The van der Waals surface area contributed by atoms with Gasteiger partial charge in [0.05, 0.1) is 0 Å². The lowest BCUT2D eigenvalue weighted by Crippen LogP contribution is -2.48. The Labute approximate surface area is 132 Å². The van der Waals surface area contributed by atoms with Crippen molar-refractivity contribution in [1.82, 2.24) is 19.8 Å². The molecular weight excluding hydrogens is 280 g/mol. The Balaban J connectivity index is 1.82. The fourth-order valence-corrected chi connectivity index (χ4v) is 3.04. The Morgan fingerprint density at radius 2 is 2.41 bits per heavy atom. The summed E-state index contributed by atoms with van der Waals surface area (Å²) in [7, 11) is 2.01. The summed E-state index contributed by atoms with van der Waals surface area (Å²) in [6.45, 7) is 3.79. The zero-order valence-electron chi connectivity index (χ0n) is 13.7. The third kappa shape index (κ3) is 4.73. The second-order valence-electron chi connectivity index (χ2n) is 6.33. The summed E-state index contributed by atoms with van der Waals surface area (Å²) in [6.07, 6.45) is 8.45. The third-order valence-electron chi connectivity index (χ3n) is 4.36. The molecule has 1 aromatic rings. The van der Waals surface area contributed by atoms with Gasteiger partial charge in [0.15, 0.2) is 0 Å². The first-order valence-electron chi connectivity index (χ1n) is 8.22. The van der Waals surface area contributed by atoms with Crippen molar-refractivity contribution < 1.29 is 9.90 Å². The van der Waals surface area contributed by atoms with Crippen LogP contribution in [0.1, 0.15) is 38.4 Å². The maximum Gasteiger partial charge on any atom is 0.317 e. The lowest BCUT2D eigenvalue weighted by molar-refractivity contribution is 0.160. The molecule has 2 amide bonds. The molecule has 0 saturated carbocycles. The molecule has 22 heavy (non-hydrogen) atoms. The van der Waals surface area contributed by atoms with E-state index in [1.165, 1.54) is 0 Å². The number of carbonyl (C=O) groups is 1. The second kappa shape index (κ2) is 8.17. The molecule has 0 bridgehead atoms. The number of hydrogen-bond acceptors (Lipinski definition) is 3. The maximum absolute atomic E-state index is 12.3. The molecule has 2 unspecified atom stereocenters. The number of nitrogens with zero attached hydrogens (tertiary/aromatic N) is 3. The number of piperidine rings is 1. The second-order valence-corrected chi connectivity index (χ2v) is 6.33. The molecule has 2 N–H and O–H groups in total. The van der Waals surface area contributed by atoms with Crippen LogP contribution in [0.15, 0.2) is 12.4 Å². The van der Waals surface area contributed by atoms with Crippen LogP contribution < -0.4 is 5.32 Å². The van der Waals surface area contributed by atoms with Gasteiger partial charge in [-0.05, 0) is 38.5 Å². The highest BCUT2D eigenvalue weighted by atomic mass is 16.3. The van der Waals surface area contributed by atoms with Crippen molar-refractivity contribution in [3.05, 3.63) is 18.2 Å². The van der Waals surface area contributed by atoms with Gasteiger partial charge in [0.25, 0.3) is 0 Å². The Morgan fingerprint density at radius 1 is 1.59 bits per heavy atom. The molecule has 0 aliphatic carbocycles.